The van der Waals surface area contributed by atoms with E-state index in [0.717, 1.165) is 19.5 Å². The van der Waals surface area contributed by atoms with E-state index in [9.17, 15) is 14.0 Å². The molecule has 6 heteroatoms. The van der Waals surface area contributed by atoms with Crippen molar-refractivity contribution in [2.45, 2.75) is 19.3 Å². The molecule has 0 saturated carbocycles. The Kier molecular flexibility index (Phi) is 5.89. The van der Waals surface area contributed by atoms with Crippen LogP contribution >= 0.6 is 0 Å². The van der Waals surface area contributed by atoms with E-state index in [4.69, 9.17) is 5.73 Å². The number of rotatable bonds is 6. The van der Waals surface area contributed by atoms with Crippen molar-refractivity contribution < 1.29 is 14.0 Å². The second kappa shape index (κ2) is 7.89. The number of amides is 2. The maximum atomic E-state index is 12.8. The summed E-state index contributed by atoms with van der Waals surface area (Å²) in [5, 5.41) is 2.73. The fourth-order valence-electron chi connectivity index (χ4n) is 2.55. The fraction of sp³-hybridized carbons (Fsp3) is 0.500. The number of benzene rings is 1. The molecule has 1 unspecified atom stereocenters. The topological polar surface area (TPSA) is 75.4 Å². The molecule has 1 fully saturated rings. The molecule has 0 spiro atoms. The fourth-order valence-corrected chi connectivity index (χ4v) is 2.55. The molecular formula is C16H22FN3O2. The number of hydrogen-bond donors (Lipinski definition) is 2. The molecule has 1 atom stereocenters. The van der Waals surface area contributed by atoms with Crippen LogP contribution in [0.2, 0.25) is 0 Å². The van der Waals surface area contributed by atoms with Crippen LogP contribution in [-0.4, -0.2) is 42.9 Å². The second-order valence-corrected chi connectivity index (χ2v) is 5.60. The molecular weight excluding hydrogens is 285 g/mol. The van der Waals surface area contributed by atoms with Crippen LogP contribution in [0.1, 0.15) is 29.6 Å². The van der Waals surface area contributed by atoms with E-state index < -0.39 is 0 Å². The van der Waals surface area contributed by atoms with E-state index in [1.165, 1.54) is 24.3 Å². The lowest BCUT2D eigenvalue weighted by molar-refractivity contribution is -0.130. The average molecular weight is 307 g/mol. The quantitative estimate of drug-likeness (QED) is 0.774. The Morgan fingerprint density at radius 2 is 2.05 bits per heavy atom. The number of carbonyl (C=O) groups excluding carboxylic acids is 2. The van der Waals surface area contributed by atoms with Crippen molar-refractivity contribution in [3.8, 4) is 0 Å². The SMILES string of the molecule is NCC1CCN(C(=O)CCCNC(=O)c2ccc(F)cc2)C1. The van der Waals surface area contributed by atoms with Crippen molar-refractivity contribution in [2.75, 3.05) is 26.2 Å². The highest BCUT2D eigenvalue weighted by molar-refractivity contribution is 5.94. The normalized spacial score (nSPS) is 17.5. The zero-order chi connectivity index (χ0) is 15.9. The number of nitrogens with zero attached hydrogens (tertiary/aromatic N) is 1. The van der Waals surface area contributed by atoms with Crippen LogP contribution in [0.5, 0.6) is 0 Å². The number of likely N-dealkylation sites (tertiary alicyclic amines) is 1. The maximum Gasteiger partial charge on any atom is 0.251 e. The number of hydrogen-bond acceptors (Lipinski definition) is 3. The monoisotopic (exact) mass is 307 g/mol. The van der Waals surface area contributed by atoms with Crippen molar-refractivity contribution >= 4 is 11.8 Å². The molecule has 2 rings (SSSR count). The first-order valence-corrected chi connectivity index (χ1v) is 7.61. The summed E-state index contributed by atoms with van der Waals surface area (Å²) in [6.07, 6.45) is 1.99. The summed E-state index contributed by atoms with van der Waals surface area (Å²) in [5.74, 6) is -0.0885. The van der Waals surface area contributed by atoms with Gasteiger partial charge in [0.2, 0.25) is 5.91 Å². The van der Waals surface area contributed by atoms with Crippen molar-refractivity contribution in [1.82, 2.24) is 10.2 Å². The van der Waals surface area contributed by atoms with Crippen molar-refractivity contribution in [2.24, 2.45) is 11.7 Å². The van der Waals surface area contributed by atoms with Gasteiger partial charge >= 0.3 is 0 Å². The van der Waals surface area contributed by atoms with Gasteiger partial charge in [-0.1, -0.05) is 0 Å². The molecule has 1 aliphatic rings. The number of halogens is 1. The third-order valence-corrected chi connectivity index (χ3v) is 3.93. The number of carbonyl (C=O) groups is 2. The van der Waals surface area contributed by atoms with Crippen LogP contribution < -0.4 is 11.1 Å². The van der Waals surface area contributed by atoms with Gasteiger partial charge in [-0.2, -0.15) is 0 Å². The van der Waals surface area contributed by atoms with Crippen LogP contribution in [0.4, 0.5) is 4.39 Å². The Labute approximate surface area is 129 Å². The molecule has 1 aromatic rings. The molecule has 3 N–H and O–H groups in total. The molecule has 1 heterocycles. The summed E-state index contributed by atoms with van der Waals surface area (Å²) in [4.78, 5) is 25.6. The van der Waals surface area contributed by atoms with Crippen LogP contribution in [0.25, 0.3) is 0 Å². The molecule has 1 saturated heterocycles. The summed E-state index contributed by atoms with van der Waals surface area (Å²) < 4.78 is 12.8. The molecule has 2 amide bonds. The first-order chi connectivity index (χ1) is 10.6. The standard InChI is InChI=1S/C16H22FN3O2/c17-14-5-3-13(4-6-14)16(22)19-8-1-2-15(21)20-9-7-12(10-18)11-20/h3-6,12H,1-2,7-11,18H2,(H,19,22). The molecule has 22 heavy (non-hydrogen) atoms. The van der Waals surface area contributed by atoms with Gasteiger partial charge in [0, 0.05) is 31.6 Å². The van der Waals surface area contributed by atoms with Crippen molar-refractivity contribution in [3.63, 3.8) is 0 Å². The first kappa shape index (κ1) is 16.4. The third-order valence-electron chi connectivity index (χ3n) is 3.93. The van der Waals surface area contributed by atoms with Gasteiger partial charge in [-0.25, -0.2) is 4.39 Å². The van der Waals surface area contributed by atoms with Gasteiger partial charge in [0.1, 0.15) is 5.82 Å². The average Bonchev–Trinajstić information content (AvgIpc) is 3.01. The molecule has 0 radical (unpaired) electrons. The number of nitrogens with one attached hydrogen (secondary N) is 1. The second-order valence-electron chi connectivity index (χ2n) is 5.60. The van der Waals surface area contributed by atoms with E-state index in [1.807, 2.05) is 4.90 Å². The van der Waals surface area contributed by atoms with Crippen LogP contribution in [0.15, 0.2) is 24.3 Å². The van der Waals surface area contributed by atoms with E-state index in [2.05, 4.69) is 5.32 Å². The minimum Gasteiger partial charge on any atom is -0.352 e. The molecule has 5 nitrogen and oxygen atoms in total. The minimum absolute atomic E-state index is 0.118. The van der Waals surface area contributed by atoms with E-state index in [1.54, 1.807) is 0 Å². The van der Waals surface area contributed by atoms with Gasteiger partial charge in [0.25, 0.3) is 5.91 Å². The Hall–Kier alpha value is -1.95. The Bertz CT molecular complexity index is 519. The highest BCUT2D eigenvalue weighted by Crippen LogP contribution is 2.15. The van der Waals surface area contributed by atoms with Gasteiger partial charge in [-0.15, -0.1) is 0 Å². The number of nitrogens with two attached hydrogens (primary N) is 1. The van der Waals surface area contributed by atoms with Gasteiger partial charge < -0.3 is 16.0 Å². The molecule has 0 bridgehead atoms. The van der Waals surface area contributed by atoms with E-state index in [0.29, 0.717) is 37.4 Å². The molecule has 1 aliphatic heterocycles. The molecule has 0 aromatic heterocycles. The molecule has 1 aromatic carbocycles. The Morgan fingerprint density at radius 3 is 2.68 bits per heavy atom. The molecule has 120 valence electrons. The van der Waals surface area contributed by atoms with Crippen LogP contribution in [-0.2, 0) is 4.79 Å². The maximum absolute atomic E-state index is 12.8. The highest BCUT2D eigenvalue weighted by Gasteiger charge is 2.24. The zero-order valence-electron chi connectivity index (χ0n) is 12.6. The summed E-state index contributed by atoms with van der Waals surface area (Å²) in [6, 6.07) is 5.37. The van der Waals surface area contributed by atoms with Crippen LogP contribution in [0.3, 0.4) is 0 Å². The Balaban J connectivity index is 1.65. The predicted octanol–water partition coefficient (Wildman–Crippen LogP) is 1.14. The summed E-state index contributed by atoms with van der Waals surface area (Å²) in [5.41, 5.74) is 6.02. The zero-order valence-corrected chi connectivity index (χ0v) is 12.6. The van der Waals surface area contributed by atoms with Gasteiger partial charge in [-0.05, 0) is 49.6 Å². The van der Waals surface area contributed by atoms with Gasteiger partial charge in [-0.3, -0.25) is 9.59 Å². The lowest BCUT2D eigenvalue weighted by Gasteiger charge is -2.16. The van der Waals surface area contributed by atoms with Gasteiger partial charge in [0.05, 0.1) is 0 Å². The third kappa shape index (κ3) is 4.53. The van der Waals surface area contributed by atoms with Crippen molar-refractivity contribution in [1.29, 1.82) is 0 Å². The lowest BCUT2D eigenvalue weighted by Crippen LogP contribution is -2.31. The molecule has 0 aliphatic carbocycles. The van der Waals surface area contributed by atoms with E-state index in [-0.39, 0.29) is 17.6 Å². The van der Waals surface area contributed by atoms with Crippen LogP contribution in [0, 0.1) is 11.7 Å². The van der Waals surface area contributed by atoms with E-state index >= 15 is 0 Å². The summed E-state index contributed by atoms with van der Waals surface area (Å²) in [7, 11) is 0. The smallest absolute Gasteiger partial charge is 0.251 e. The highest BCUT2D eigenvalue weighted by atomic mass is 19.1. The summed E-state index contributed by atoms with van der Waals surface area (Å²) >= 11 is 0. The van der Waals surface area contributed by atoms with Crippen molar-refractivity contribution in [3.05, 3.63) is 35.6 Å². The minimum atomic E-state index is -0.372. The summed E-state index contributed by atoms with van der Waals surface area (Å²) in [6.45, 7) is 2.58. The predicted molar refractivity (Wildman–Crippen MR) is 81.7 cm³/mol. The largest absolute Gasteiger partial charge is 0.352 e. The Morgan fingerprint density at radius 1 is 1.32 bits per heavy atom. The lowest BCUT2D eigenvalue weighted by atomic mass is 10.1. The first-order valence-electron chi connectivity index (χ1n) is 7.61. The van der Waals surface area contributed by atoms with Gasteiger partial charge in [0.15, 0.2) is 0 Å².